The smallest absolute Gasteiger partial charge is 0.416 e. The molecule has 1 saturated carbocycles. The number of benzene rings is 2. The first-order valence-electron chi connectivity index (χ1n) is 14.2. The largest absolute Gasteiger partial charge is 0.481 e. The maximum atomic E-state index is 13.5. The van der Waals surface area contributed by atoms with Crippen molar-refractivity contribution in [2.24, 2.45) is 23.7 Å². The molecule has 3 atom stereocenters. The van der Waals surface area contributed by atoms with E-state index in [0.29, 0.717) is 49.0 Å². The predicted molar refractivity (Wildman–Crippen MR) is 139 cm³/mol. The van der Waals surface area contributed by atoms with Gasteiger partial charge in [0.25, 0.3) is 0 Å². The van der Waals surface area contributed by atoms with Crippen LogP contribution in [0.2, 0.25) is 0 Å². The van der Waals surface area contributed by atoms with Crippen LogP contribution >= 0.6 is 0 Å². The molecule has 2 aromatic rings. The number of alkyl halides is 6. The minimum Gasteiger partial charge on any atom is -0.481 e. The van der Waals surface area contributed by atoms with Crippen molar-refractivity contribution in [2.75, 3.05) is 13.1 Å². The van der Waals surface area contributed by atoms with Gasteiger partial charge in [-0.25, -0.2) is 0 Å². The van der Waals surface area contributed by atoms with Gasteiger partial charge in [0.15, 0.2) is 0 Å². The van der Waals surface area contributed by atoms with Crippen molar-refractivity contribution >= 4 is 5.97 Å². The van der Waals surface area contributed by atoms with E-state index in [9.17, 15) is 36.2 Å². The normalized spacial score (nSPS) is 22.5. The molecule has 5 rings (SSSR count). The van der Waals surface area contributed by atoms with E-state index in [-0.39, 0.29) is 18.0 Å². The summed E-state index contributed by atoms with van der Waals surface area (Å²) in [5, 5.41) is 9.65. The molecule has 0 aromatic heterocycles. The van der Waals surface area contributed by atoms with Crippen molar-refractivity contribution < 1.29 is 36.2 Å². The number of aliphatic carboxylic acids is 1. The van der Waals surface area contributed by atoms with Crippen LogP contribution in [0.1, 0.15) is 78.3 Å². The van der Waals surface area contributed by atoms with Gasteiger partial charge in [0, 0.05) is 6.54 Å². The summed E-state index contributed by atoms with van der Waals surface area (Å²) >= 11 is 0. The molecular weight excluding hydrogens is 532 g/mol. The van der Waals surface area contributed by atoms with Gasteiger partial charge in [-0.1, -0.05) is 25.1 Å². The molecule has 40 heavy (non-hydrogen) atoms. The van der Waals surface area contributed by atoms with Crippen LogP contribution in [-0.2, 0) is 36.5 Å². The molecule has 0 radical (unpaired) electrons. The number of aryl methyl sites for hydroxylation is 1. The average Bonchev–Trinajstić information content (AvgIpc) is 3.73. The SMILES string of the molecule is C[C@H](C(=O)O)[C@H](c1ccc2c(c1)CC(C1CCN(Cc3cc(C(F)(F)F)ccc3C(F)(F)F)CC1)CC2)C1CC1. The van der Waals surface area contributed by atoms with Gasteiger partial charge in [-0.15, -0.1) is 0 Å². The van der Waals surface area contributed by atoms with Crippen LogP contribution < -0.4 is 0 Å². The summed E-state index contributed by atoms with van der Waals surface area (Å²) in [4.78, 5) is 13.6. The van der Waals surface area contributed by atoms with Crippen molar-refractivity contribution in [3.63, 3.8) is 0 Å². The Morgan fingerprint density at radius 1 is 0.900 bits per heavy atom. The predicted octanol–water partition coefficient (Wildman–Crippen LogP) is 7.96. The first-order valence-corrected chi connectivity index (χ1v) is 14.2. The number of halogens is 6. The van der Waals surface area contributed by atoms with E-state index in [2.05, 4.69) is 18.2 Å². The monoisotopic (exact) mass is 567 g/mol. The van der Waals surface area contributed by atoms with Gasteiger partial charge >= 0.3 is 18.3 Å². The summed E-state index contributed by atoms with van der Waals surface area (Å²) in [7, 11) is 0. The second-order valence-electron chi connectivity index (χ2n) is 12.0. The summed E-state index contributed by atoms with van der Waals surface area (Å²) in [6, 6.07) is 8.16. The first-order chi connectivity index (χ1) is 18.8. The van der Waals surface area contributed by atoms with Crippen LogP contribution in [0.25, 0.3) is 0 Å². The number of likely N-dealkylation sites (tertiary alicyclic amines) is 1. The van der Waals surface area contributed by atoms with E-state index in [0.717, 1.165) is 50.5 Å². The number of rotatable bonds is 7. The highest BCUT2D eigenvalue weighted by Gasteiger charge is 2.40. The molecule has 1 N–H and O–H groups in total. The Bertz CT molecular complexity index is 1230. The van der Waals surface area contributed by atoms with E-state index in [1.54, 1.807) is 6.92 Å². The molecule has 218 valence electrons. The molecule has 2 aromatic carbocycles. The van der Waals surface area contributed by atoms with Gasteiger partial charge in [0.05, 0.1) is 17.0 Å². The standard InChI is InChI=1S/C31H35F6NO2/c1-18(29(39)40)28(21-4-5-21)23-7-3-19-2-6-22(14-24(19)15-23)20-10-12-38(13-11-20)17-25-16-26(30(32,33)34)8-9-27(25)31(35,36)37/h3,7-9,15-16,18,20-22,28H,2,4-6,10-14,17H2,1H3,(H,39,40)/t18-,22?,28-/m0/s1. The van der Waals surface area contributed by atoms with Gasteiger partial charge in [-0.2, -0.15) is 26.3 Å². The third-order valence-electron chi connectivity index (χ3n) is 9.37. The number of hydrogen-bond acceptors (Lipinski definition) is 2. The molecule has 0 spiro atoms. The lowest BCUT2D eigenvalue weighted by Crippen LogP contribution is -2.37. The molecule has 3 nitrogen and oxygen atoms in total. The quantitative estimate of drug-likeness (QED) is 0.345. The van der Waals surface area contributed by atoms with E-state index < -0.39 is 35.4 Å². The number of piperidine rings is 1. The maximum Gasteiger partial charge on any atom is 0.416 e. The highest BCUT2D eigenvalue weighted by Crippen LogP contribution is 2.48. The lowest BCUT2D eigenvalue weighted by Gasteiger charge is -2.38. The first kappa shape index (κ1) is 29.0. The maximum absolute atomic E-state index is 13.5. The minimum absolute atomic E-state index is 0.0175. The Morgan fingerprint density at radius 2 is 1.60 bits per heavy atom. The summed E-state index contributed by atoms with van der Waals surface area (Å²) < 4.78 is 80.2. The van der Waals surface area contributed by atoms with Crippen LogP contribution in [0.3, 0.4) is 0 Å². The Hall–Kier alpha value is -2.55. The van der Waals surface area contributed by atoms with E-state index in [1.807, 2.05) is 4.90 Å². The molecular formula is C31H35F6NO2. The van der Waals surface area contributed by atoms with Crippen LogP contribution in [0.15, 0.2) is 36.4 Å². The number of hydrogen-bond donors (Lipinski definition) is 1. The molecule has 0 bridgehead atoms. The lowest BCUT2D eigenvalue weighted by molar-refractivity contribution is -0.142. The van der Waals surface area contributed by atoms with Crippen LogP contribution in [0, 0.1) is 23.7 Å². The molecule has 1 unspecified atom stereocenters. The van der Waals surface area contributed by atoms with Crippen molar-refractivity contribution in [1.29, 1.82) is 0 Å². The van der Waals surface area contributed by atoms with Crippen molar-refractivity contribution in [3.05, 3.63) is 69.8 Å². The van der Waals surface area contributed by atoms with Crippen molar-refractivity contribution in [3.8, 4) is 0 Å². The zero-order valence-corrected chi connectivity index (χ0v) is 22.5. The van der Waals surface area contributed by atoms with Gasteiger partial charge in [0.1, 0.15) is 0 Å². The van der Waals surface area contributed by atoms with Gasteiger partial charge in [0.2, 0.25) is 0 Å². The molecule has 1 aliphatic heterocycles. The highest BCUT2D eigenvalue weighted by molar-refractivity contribution is 5.71. The summed E-state index contributed by atoms with van der Waals surface area (Å²) in [5.41, 5.74) is 1.28. The topological polar surface area (TPSA) is 40.5 Å². The number of carboxylic acids is 1. The van der Waals surface area contributed by atoms with E-state index in [1.165, 1.54) is 11.1 Å². The molecule has 9 heteroatoms. The second-order valence-corrected chi connectivity index (χ2v) is 12.0. The molecule has 1 saturated heterocycles. The van der Waals surface area contributed by atoms with Crippen LogP contribution in [-0.4, -0.2) is 29.1 Å². The minimum atomic E-state index is -4.72. The molecule has 0 amide bonds. The third-order valence-corrected chi connectivity index (χ3v) is 9.37. The second kappa shape index (κ2) is 11.0. The fraction of sp³-hybridized carbons (Fsp3) is 0.581. The number of carbonyl (C=O) groups is 1. The van der Waals surface area contributed by atoms with Crippen molar-refractivity contribution in [1.82, 2.24) is 4.90 Å². The van der Waals surface area contributed by atoms with E-state index >= 15 is 0 Å². The van der Waals surface area contributed by atoms with Crippen LogP contribution in [0.5, 0.6) is 0 Å². The zero-order chi connectivity index (χ0) is 28.8. The Balaban J connectivity index is 1.24. The molecule has 2 aliphatic carbocycles. The van der Waals surface area contributed by atoms with E-state index in [4.69, 9.17) is 0 Å². The number of fused-ring (bicyclic) bond motifs is 1. The molecule has 3 aliphatic rings. The fourth-order valence-corrected chi connectivity index (χ4v) is 6.99. The lowest BCUT2D eigenvalue weighted by atomic mass is 9.72. The fourth-order valence-electron chi connectivity index (χ4n) is 6.99. The van der Waals surface area contributed by atoms with Crippen LogP contribution in [0.4, 0.5) is 26.3 Å². The summed E-state index contributed by atoms with van der Waals surface area (Å²) in [6.45, 7) is 2.72. The molecule has 1 heterocycles. The third kappa shape index (κ3) is 6.34. The number of carboxylic acid groups (broad SMARTS) is 1. The van der Waals surface area contributed by atoms with Crippen molar-refractivity contribution in [2.45, 2.75) is 76.7 Å². The average molecular weight is 568 g/mol. The van der Waals surface area contributed by atoms with Gasteiger partial charge in [-0.05, 0) is 122 Å². The van der Waals surface area contributed by atoms with Gasteiger partial charge in [-0.3, -0.25) is 9.69 Å². The zero-order valence-electron chi connectivity index (χ0n) is 22.5. The summed E-state index contributed by atoms with van der Waals surface area (Å²) in [6.07, 6.45) is -2.83. The Morgan fingerprint density at radius 3 is 2.20 bits per heavy atom. The van der Waals surface area contributed by atoms with Gasteiger partial charge < -0.3 is 5.11 Å². The Labute approximate surface area is 230 Å². The Kier molecular flexibility index (Phi) is 7.98. The molecule has 2 fully saturated rings. The summed E-state index contributed by atoms with van der Waals surface area (Å²) in [5.74, 6) is 0.0522. The number of nitrogens with zero attached hydrogens (tertiary/aromatic N) is 1. The highest BCUT2D eigenvalue weighted by atomic mass is 19.4.